The summed E-state index contributed by atoms with van der Waals surface area (Å²) < 4.78 is 6.08. The van der Waals surface area contributed by atoms with Crippen molar-refractivity contribution in [3.8, 4) is 5.75 Å². The molecule has 2 aromatic rings. The molecule has 6 nitrogen and oxygen atoms in total. The number of hydrogen-bond acceptors (Lipinski definition) is 4. The Morgan fingerprint density at radius 3 is 2.39 bits per heavy atom. The summed E-state index contributed by atoms with van der Waals surface area (Å²) in [6.07, 6.45) is 6.73. The molecule has 33 heavy (non-hydrogen) atoms. The zero-order valence-corrected chi connectivity index (χ0v) is 19.2. The van der Waals surface area contributed by atoms with Crippen LogP contribution in [0.1, 0.15) is 43.2 Å². The quantitative estimate of drug-likeness (QED) is 0.607. The van der Waals surface area contributed by atoms with Crippen LogP contribution in [0.3, 0.4) is 0 Å². The zero-order valence-electron chi connectivity index (χ0n) is 19.2. The summed E-state index contributed by atoms with van der Waals surface area (Å²) in [5.74, 6) is 0.515. The standard InChI is InChI=1S/C27H34N3O3/c28-27(32)25-8-4-5-19-30(25,23-15-17-29-18-16-23)26(31)14-11-21-9-12-24(13-10-21)33-20-22-6-2-1-3-7-22/h1-3,6-7,9-10,12-14,23,25,29H,4-5,8,11,15-20H2,(H-,28,32)/p+1. The van der Waals surface area contributed by atoms with Crippen molar-refractivity contribution in [2.45, 2.75) is 57.2 Å². The minimum Gasteiger partial charge on any atom is -0.489 e. The molecule has 2 unspecified atom stereocenters. The van der Waals surface area contributed by atoms with Crippen LogP contribution in [0.15, 0.2) is 54.6 Å². The Bertz CT molecular complexity index is 925. The summed E-state index contributed by atoms with van der Waals surface area (Å²) in [4.78, 5) is 26.1. The number of benzene rings is 2. The molecular weight excluding hydrogens is 414 g/mol. The summed E-state index contributed by atoms with van der Waals surface area (Å²) >= 11 is 0. The summed E-state index contributed by atoms with van der Waals surface area (Å²) in [5.41, 5.74) is 8.00. The molecule has 0 aromatic heterocycles. The Balaban J connectivity index is 1.41. The minimum absolute atomic E-state index is 0.0507. The highest BCUT2D eigenvalue weighted by Crippen LogP contribution is 2.34. The van der Waals surface area contributed by atoms with Crippen molar-refractivity contribution >= 4 is 11.8 Å². The van der Waals surface area contributed by atoms with E-state index >= 15 is 0 Å². The Hall–Kier alpha value is -2.70. The summed E-state index contributed by atoms with van der Waals surface area (Å²) in [5, 5.41) is 3.38. The maximum absolute atomic E-state index is 13.7. The molecule has 2 saturated heterocycles. The van der Waals surface area contributed by atoms with E-state index in [1.807, 2.05) is 54.6 Å². The summed E-state index contributed by atoms with van der Waals surface area (Å²) in [6.45, 7) is 3.00. The molecule has 2 fully saturated rings. The van der Waals surface area contributed by atoms with Gasteiger partial charge in [0, 0.05) is 32.4 Å². The first-order chi connectivity index (χ1) is 16.1. The van der Waals surface area contributed by atoms with E-state index in [0.29, 0.717) is 26.0 Å². The second-order valence-corrected chi connectivity index (χ2v) is 9.21. The average Bonchev–Trinajstić information content (AvgIpc) is 2.87. The molecule has 2 amide bonds. The molecule has 2 atom stereocenters. The molecule has 0 spiro atoms. The number of ether oxygens (including phenoxy) is 1. The van der Waals surface area contributed by atoms with E-state index in [4.69, 9.17) is 10.5 Å². The number of nitrogens with one attached hydrogen (secondary N) is 1. The van der Waals surface area contributed by atoms with Crippen LogP contribution in [-0.4, -0.2) is 48.0 Å². The lowest BCUT2D eigenvalue weighted by molar-refractivity contribution is -0.899. The lowest BCUT2D eigenvalue weighted by Crippen LogP contribution is -2.71. The molecule has 4 rings (SSSR count). The Morgan fingerprint density at radius 2 is 1.70 bits per heavy atom. The van der Waals surface area contributed by atoms with Gasteiger partial charge in [0.2, 0.25) is 0 Å². The number of quaternary nitrogens is 1. The van der Waals surface area contributed by atoms with Crippen molar-refractivity contribution in [3.05, 3.63) is 72.1 Å². The van der Waals surface area contributed by atoms with Crippen LogP contribution in [0.5, 0.6) is 5.75 Å². The van der Waals surface area contributed by atoms with Crippen molar-refractivity contribution in [2.75, 3.05) is 19.6 Å². The van der Waals surface area contributed by atoms with Gasteiger partial charge in [-0.1, -0.05) is 42.5 Å². The van der Waals surface area contributed by atoms with Crippen molar-refractivity contribution in [1.29, 1.82) is 0 Å². The van der Waals surface area contributed by atoms with Gasteiger partial charge in [-0.15, -0.1) is 0 Å². The highest BCUT2D eigenvalue weighted by Gasteiger charge is 2.53. The van der Waals surface area contributed by atoms with Crippen LogP contribution < -0.4 is 15.8 Å². The molecule has 6 heteroatoms. The lowest BCUT2D eigenvalue weighted by Gasteiger charge is -2.50. The molecule has 2 aromatic carbocycles. The Kier molecular flexibility index (Phi) is 7.78. The first-order valence-corrected chi connectivity index (χ1v) is 12.1. The first kappa shape index (κ1) is 23.5. The SMILES string of the molecule is NC(=O)C1CCCC[N+]1(C(=O)[CH]Cc1ccc(OCc2ccccc2)cc1)C1CCNCC1. The van der Waals surface area contributed by atoms with Crippen LogP contribution in [0.4, 0.5) is 0 Å². The van der Waals surface area contributed by atoms with Gasteiger partial charge in [-0.2, -0.15) is 0 Å². The molecule has 1 radical (unpaired) electrons. The molecule has 0 saturated carbocycles. The van der Waals surface area contributed by atoms with Gasteiger partial charge < -0.3 is 15.8 Å². The van der Waals surface area contributed by atoms with Gasteiger partial charge in [-0.3, -0.25) is 4.79 Å². The molecular formula is C27H35N3O3+. The third kappa shape index (κ3) is 5.45. The van der Waals surface area contributed by atoms with E-state index < -0.39 is 6.04 Å². The van der Waals surface area contributed by atoms with E-state index in [1.165, 1.54) is 0 Å². The smallest absolute Gasteiger partial charge is 0.318 e. The maximum atomic E-state index is 13.7. The van der Waals surface area contributed by atoms with Crippen molar-refractivity contribution in [3.63, 3.8) is 0 Å². The van der Waals surface area contributed by atoms with Crippen molar-refractivity contribution in [2.24, 2.45) is 5.73 Å². The molecule has 0 bridgehead atoms. The second kappa shape index (κ2) is 10.9. The van der Waals surface area contributed by atoms with Crippen LogP contribution >= 0.6 is 0 Å². The number of likely N-dealkylation sites (tertiary alicyclic amines) is 1. The van der Waals surface area contributed by atoms with Crippen LogP contribution in [0, 0.1) is 6.42 Å². The largest absolute Gasteiger partial charge is 0.489 e. The lowest BCUT2D eigenvalue weighted by atomic mass is 9.89. The number of nitrogens with two attached hydrogens (primary N) is 1. The van der Waals surface area contributed by atoms with Crippen molar-refractivity contribution < 1.29 is 18.8 Å². The van der Waals surface area contributed by atoms with Gasteiger partial charge in [0.25, 0.3) is 5.91 Å². The summed E-state index contributed by atoms with van der Waals surface area (Å²) in [7, 11) is 0. The highest BCUT2D eigenvalue weighted by molar-refractivity contribution is 5.85. The molecule has 175 valence electrons. The molecule has 2 aliphatic rings. The number of hydrogen-bond donors (Lipinski definition) is 2. The maximum Gasteiger partial charge on any atom is 0.318 e. The van der Waals surface area contributed by atoms with Gasteiger partial charge in [-0.25, -0.2) is 9.28 Å². The number of rotatable bonds is 8. The fourth-order valence-electron chi connectivity index (χ4n) is 5.45. The molecule has 2 aliphatic heterocycles. The third-order valence-electron chi connectivity index (χ3n) is 7.19. The third-order valence-corrected chi connectivity index (χ3v) is 7.19. The van der Waals surface area contributed by atoms with Crippen molar-refractivity contribution in [1.82, 2.24) is 5.32 Å². The van der Waals surface area contributed by atoms with Gasteiger partial charge in [0.15, 0.2) is 6.04 Å². The fourth-order valence-corrected chi connectivity index (χ4v) is 5.45. The first-order valence-electron chi connectivity index (χ1n) is 12.1. The van der Waals surface area contributed by atoms with Gasteiger partial charge >= 0.3 is 5.91 Å². The fraction of sp³-hybridized carbons (Fsp3) is 0.444. The second-order valence-electron chi connectivity index (χ2n) is 9.21. The van der Waals surface area contributed by atoms with Gasteiger partial charge in [0.05, 0.1) is 19.0 Å². The number of primary amides is 1. The molecule has 2 heterocycles. The van der Waals surface area contributed by atoms with E-state index in [2.05, 4.69) is 5.32 Å². The number of amides is 2. The number of carbonyl (C=O) groups is 2. The van der Waals surface area contributed by atoms with E-state index in [1.54, 1.807) is 6.42 Å². The Morgan fingerprint density at radius 1 is 0.970 bits per heavy atom. The van der Waals surface area contributed by atoms with Crippen LogP contribution in [0.2, 0.25) is 0 Å². The molecule has 3 N–H and O–H groups in total. The summed E-state index contributed by atoms with van der Waals surface area (Å²) in [6, 6.07) is 17.7. The Labute approximate surface area is 196 Å². The topological polar surface area (TPSA) is 81.4 Å². The average molecular weight is 450 g/mol. The normalized spacial score (nSPS) is 23.7. The minimum atomic E-state index is -0.417. The van der Waals surface area contributed by atoms with E-state index in [9.17, 15) is 9.59 Å². The van der Waals surface area contributed by atoms with Gasteiger partial charge in [-0.05, 0) is 42.5 Å². The molecule has 0 aliphatic carbocycles. The predicted molar refractivity (Wildman–Crippen MR) is 128 cm³/mol. The highest BCUT2D eigenvalue weighted by atomic mass is 16.5. The number of nitrogens with zero attached hydrogens (tertiary/aromatic N) is 1. The number of piperidine rings is 2. The predicted octanol–water partition coefficient (Wildman–Crippen LogP) is 3.15. The van der Waals surface area contributed by atoms with Gasteiger partial charge in [0.1, 0.15) is 12.4 Å². The number of carbonyl (C=O) groups excluding carboxylic acids is 2. The van der Waals surface area contributed by atoms with E-state index in [0.717, 1.165) is 55.6 Å². The zero-order chi connectivity index (χ0) is 23.1. The van der Waals surface area contributed by atoms with E-state index in [-0.39, 0.29) is 22.3 Å². The monoisotopic (exact) mass is 449 g/mol. The van der Waals surface area contributed by atoms with Crippen LogP contribution in [-0.2, 0) is 22.6 Å². The van der Waals surface area contributed by atoms with Crippen LogP contribution in [0.25, 0.3) is 0 Å².